The van der Waals surface area contributed by atoms with Gasteiger partial charge in [-0.15, -0.1) is 0 Å². The number of rotatable bonds is 6. The van der Waals surface area contributed by atoms with Crippen molar-refractivity contribution in [1.82, 2.24) is 24.8 Å². The molecule has 3 aliphatic carbocycles. The maximum atomic E-state index is 15.0. The Morgan fingerprint density at radius 1 is 1.09 bits per heavy atom. The summed E-state index contributed by atoms with van der Waals surface area (Å²) in [6, 6.07) is 2.51. The van der Waals surface area contributed by atoms with Crippen LogP contribution in [0.3, 0.4) is 0 Å². The Kier molecular flexibility index (Phi) is 9.69. The van der Waals surface area contributed by atoms with Crippen LogP contribution in [0.1, 0.15) is 96.1 Å². The van der Waals surface area contributed by atoms with Crippen molar-refractivity contribution in [2.45, 2.75) is 132 Å². The minimum Gasteiger partial charge on any atom is -0.472 e. The molecule has 3 heterocycles. The number of benzene rings is 1. The van der Waals surface area contributed by atoms with Gasteiger partial charge in [-0.3, -0.25) is 24.0 Å². The molecule has 2 saturated carbocycles. The lowest BCUT2D eigenvalue weighted by atomic mass is 9.98. The standard InChI is InChI=1S/C38H48FN5O8S/c1-37(2,3)44(36(48)49)29-16-8-6-4-5-7-11-22-20-38(22,35(47)42-53(50,51)24-17-18-24)41-32(45)30-19-23(21-43(30)34(29)46)52-33-27-14-9-12-25(27)26-13-10-15-28(39)31(26)40-33/h7,10-11,13,15,22-24,29-30H,4-6,8-9,12,14,16-21H2,1-3H3,(H,41,45)(H,42,47)(H,48,49)/t22-,23-,29+,30+,38-/m1/s1. The summed E-state index contributed by atoms with van der Waals surface area (Å²) >= 11 is 0. The van der Waals surface area contributed by atoms with Gasteiger partial charge in [0.25, 0.3) is 5.91 Å². The van der Waals surface area contributed by atoms with Crippen LogP contribution >= 0.6 is 0 Å². The zero-order chi connectivity index (χ0) is 37.9. The van der Waals surface area contributed by atoms with Gasteiger partial charge in [-0.05, 0) is 90.2 Å². The first-order valence-corrected chi connectivity index (χ1v) is 20.3. The SMILES string of the molecule is CC(C)(C)N(C(=O)O)[C@H]1CCCCCC=C[C@@H]2C[C@@]2(C(=O)NS(=O)(=O)C2CC2)NC(=O)[C@@H]2C[C@@H](Oc3nc4c(F)cccc4c4c3CCC4)CN2C1=O. The summed E-state index contributed by atoms with van der Waals surface area (Å²) in [7, 11) is -3.92. The molecule has 3 N–H and O–H groups in total. The van der Waals surface area contributed by atoms with Crippen molar-refractivity contribution in [3.8, 4) is 5.88 Å². The van der Waals surface area contributed by atoms with Crippen molar-refractivity contribution in [2.75, 3.05) is 6.54 Å². The molecule has 2 aromatic rings. The Morgan fingerprint density at radius 3 is 2.57 bits per heavy atom. The van der Waals surface area contributed by atoms with Crippen LogP contribution in [0.15, 0.2) is 30.4 Å². The summed E-state index contributed by atoms with van der Waals surface area (Å²) in [5, 5.41) is 13.3. The lowest BCUT2D eigenvalue weighted by molar-refractivity contribution is -0.144. The number of carbonyl (C=O) groups is 4. The number of nitrogens with one attached hydrogen (secondary N) is 2. The Labute approximate surface area is 308 Å². The number of amides is 4. The quantitative estimate of drug-likeness (QED) is 0.362. The molecule has 5 aliphatic rings. The molecule has 4 amide bonds. The van der Waals surface area contributed by atoms with Crippen molar-refractivity contribution in [2.24, 2.45) is 5.92 Å². The molecular weight excluding hydrogens is 706 g/mol. The number of hydrogen-bond donors (Lipinski definition) is 3. The van der Waals surface area contributed by atoms with Gasteiger partial charge in [-0.2, -0.15) is 0 Å². The minimum absolute atomic E-state index is 0.0166. The smallest absolute Gasteiger partial charge is 0.408 e. The van der Waals surface area contributed by atoms with Crippen LogP contribution in [-0.4, -0.2) is 93.2 Å². The molecule has 0 spiro atoms. The maximum Gasteiger partial charge on any atom is 0.408 e. The van der Waals surface area contributed by atoms with Gasteiger partial charge in [0.1, 0.15) is 35.1 Å². The Bertz CT molecular complexity index is 1980. The summed E-state index contributed by atoms with van der Waals surface area (Å²) < 4.78 is 49.4. The van der Waals surface area contributed by atoms with Crippen molar-refractivity contribution in [1.29, 1.82) is 0 Å². The molecule has 2 aliphatic heterocycles. The van der Waals surface area contributed by atoms with Crippen molar-refractivity contribution in [3.05, 3.63) is 47.3 Å². The zero-order valence-electron chi connectivity index (χ0n) is 30.4. The highest BCUT2D eigenvalue weighted by molar-refractivity contribution is 7.91. The van der Waals surface area contributed by atoms with Gasteiger partial charge in [0.05, 0.1) is 11.8 Å². The van der Waals surface area contributed by atoms with Crippen molar-refractivity contribution < 1.29 is 41.8 Å². The van der Waals surface area contributed by atoms with Crippen LogP contribution in [0.2, 0.25) is 0 Å². The monoisotopic (exact) mass is 753 g/mol. The summed E-state index contributed by atoms with van der Waals surface area (Å²) in [6.07, 6.45) is 7.93. The molecule has 0 bridgehead atoms. The molecule has 5 atom stereocenters. The molecule has 0 unspecified atom stereocenters. The largest absolute Gasteiger partial charge is 0.472 e. The number of pyridine rings is 1. The molecular formula is C38H48FN5O8S. The number of ether oxygens (including phenoxy) is 1. The number of carbonyl (C=O) groups excluding carboxylic acids is 3. The molecule has 286 valence electrons. The number of halogens is 1. The van der Waals surface area contributed by atoms with E-state index in [1.807, 2.05) is 18.2 Å². The molecule has 1 aromatic carbocycles. The fourth-order valence-electron chi connectivity index (χ4n) is 8.40. The van der Waals surface area contributed by atoms with Crippen molar-refractivity contribution >= 4 is 44.7 Å². The highest BCUT2D eigenvalue weighted by Gasteiger charge is 2.62. The number of para-hydroxylation sites is 1. The molecule has 7 rings (SSSR count). The summed E-state index contributed by atoms with van der Waals surface area (Å²) in [5.41, 5.74) is -0.517. The Balaban J connectivity index is 1.24. The highest BCUT2D eigenvalue weighted by atomic mass is 32.2. The van der Waals surface area contributed by atoms with E-state index in [9.17, 15) is 32.7 Å². The third-order valence-corrected chi connectivity index (χ3v) is 13.2. The fraction of sp³-hybridized carbons (Fsp3) is 0.605. The van der Waals surface area contributed by atoms with E-state index in [0.29, 0.717) is 38.5 Å². The number of aromatic nitrogens is 1. The van der Waals surface area contributed by atoms with Crippen LogP contribution in [0, 0.1) is 11.7 Å². The summed E-state index contributed by atoms with van der Waals surface area (Å²) in [6.45, 7) is 5.05. The number of fused-ring (bicyclic) bond motifs is 5. The minimum atomic E-state index is -3.92. The normalized spacial score (nSPS) is 27.9. The highest BCUT2D eigenvalue weighted by Crippen LogP contribution is 2.46. The number of hydrogen-bond acceptors (Lipinski definition) is 8. The number of allylic oxidation sites excluding steroid dienone is 1. The molecule has 0 radical (unpaired) electrons. The van der Waals surface area contributed by atoms with E-state index in [0.717, 1.165) is 40.7 Å². The molecule has 1 saturated heterocycles. The topological polar surface area (TPSA) is 175 Å². The molecule has 13 nitrogen and oxygen atoms in total. The van der Waals surface area contributed by atoms with Crippen LogP contribution in [0.5, 0.6) is 5.88 Å². The van der Waals surface area contributed by atoms with Gasteiger partial charge in [-0.1, -0.05) is 37.1 Å². The predicted molar refractivity (Wildman–Crippen MR) is 193 cm³/mol. The number of sulfonamides is 1. The first-order chi connectivity index (χ1) is 25.1. The van der Waals surface area contributed by atoms with Gasteiger partial charge >= 0.3 is 6.09 Å². The van der Waals surface area contributed by atoms with Gasteiger partial charge in [-0.25, -0.2) is 22.6 Å². The van der Waals surface area contributed by atoms with E-state index in [-0.39, 0.29) is 37.2 Å². The van der Waals surface area contributed by atoms with E-state index in [4.69, 9.17) is 4.74 Å². The van der Waals surface area contributed by atoms with E-state index in [2.05, 4.69) is 15.0 Å². The van der Waals surface area contributed by atoms with Crippen LogP contribution in [0.25, 0.3) is 10.9 Å². The Morgan fingerprint density at radius 2 is 1.85 bits per heavy atom. The van der Waals surface area contributed by atoms with Crippen LogP contribution in [0.4, 0.5) is 9.18 Å². The maximum absolute atomic E-state index is 15.0. The zero-order valence-corrected chi connectivity index (χ0v) is 31.2. The van der Waals surface area contributed by atoms with E-state index in [1.54, 1.807) is 26.8 Å². The van der Waals surface area contributed by atoms with Crippen molar-refractivity contribution in [3.63, 3.8) is 0 Å². The van der Waals surface area contributed by atoms with Gasteiger partial charge in [0, 0.05) is 28.8 Å². The number of aryl methyl sites for hydroxylation is 1. The van der Waals surface area contributed by atoms with Crippen LogP contribution in [-0.2, 0) is 37.2 Å². The predicted octanol–water partition coefficient (Wildman–Crippen LogP) is 4.36. The van der Waals surface area contributed by atoms with E-state index in [1.165, 1.54) is 11.0 Å². The summed E-state index contributed by atoms with van der Waals surface area (Å²) in [4.78, 5) is 62.7. The Hall–Kier alpha value is -4.27. The van der Waals surface area contributed by atoms with Gasteiger partial charge < -0.3 is 20.1 Å². The van der Waals surface area contributed by atoms with Gasteiger partial charge in [0.15, 0.2) is 0 Å². The lowest BCUT2D eigenvalue weighted by Gasteiger charge is -2.41. The lowest BCUT2D eigenvalue weighted by Crippen LogP contribution is -2.60. The first kappa shape index (κ1) is 37.1. The first-order valence-electron chi connectivity index (χ1n) is 18.7. The number of nitrogens with zero attached hydrogens (tertiary/aromatic N) is 3. The molecule has 1 aromatic heterocycles. The second-order valence-corrected chi connectivity index (χ2v) is 18.2. The second kappa shape index (κ2) is 13.9. The number of carboxylic acid groups (broad SMARTS) is 1. The molecule has 15 heteroatoms. The fourth-order valence-corrected chi connectivity index (χ4v) is 9.76. The average Bonchev–Trinajstić information content (AvgIpc) is 3.95. The second-order valence-electron chi connectivity index (χ2n) is 16.2. The van der Waals surface area contributed by atoms with Crippen LogP contribution < -0.4 is 14.8 Å². The third kappa shape index (κ3) is 7.20. The summed E-state index contributed by atoms with van der Waals surface area (Å²) in [5.74, 6) is -2.77. The van der Waals surface area contributed by atoms with E-state index < -0.39 is 80.1 Å². The third-order valence-electron chi connectivity index (χ3n) is 11.3. The average molecular weight is 754 g/mol. The van der Waals surface area contributed by atoms with Gasteiger partial charge in [0.2, 0.25) is 27.7 Å². The molecule has 3 fully saturated rings. The van der Waals surface area contributed by atoms with E-state index >= 15 is 4.39 Å². The molecule has 53 heavy (non-hydrogen) atoms.